The van der Waals surface area contributed by atoms with Crippen molar-refractivity contribution in [1.29, 1.82) is 0 Å². The molecule has 0 spiro atoms. The van der Waals surface area contributed by atoms with Crippen LogP contribution in [0.5, 0.6) is 0 Å². The predicted molar refractivity (Wildman–Crippen MR) is 59.2 cm³/mol. The molecule has 1 aromatic heterocycles. The molecule has 0 amide bonds. The lowest BCUT2D eigenvalue weighted by Gasteiger charge is -2.07. The molecule has 0 saturated heterocycles. The van der Waals surface area contributed by atoms with Crippen LogP contribution in [0.25, 0.3) is 0 Å². The van der Waals surface area contributed by atoms with Gasteiger partial charge in [0.15, 0.2) is 5.69 Å². The molecule has 7 nitrogen and oxygen atoms in total. The fourth-order valence-corrected chi connectivity index (χ4v) is 1.21. The van der Waals surface area contributed by atoms with E-state index in [4.69, 9.17) is 10.5 Å². The van der Waals surface area contributed by atoms with Crippen LogP contribution in [0, 0.1) is 0 Å². The third-order valence-electron chi connectivity index (χ3n) is 1.83. The fourth-order valence-electron chi connectivity index (χ4n) is 1.21. The van der Waals surface area contributed by atoms with Gasteiger partial charge in [0.25, 0.3) is 0 Å². The molecule has 0 radical (unpaired) electrons. The van der Waals surface area contributed by atoms with Crippen molar-refractivity contribution in [1.82, 2.24) is 9.78 Å². The molecule has 0 bridgehead atoms. The van der Waals surface area contributed by atoms with Crippen LogP contribution >= 0.6 is 0 Å². The van der Waals surface area contributed by atoms with Crippen molar-refractivity contribution in [2.45, 2.75) is 26.5 Å². The highest BCUT2D eigenvalue weighted by Crippen LogP contribution is 2.10. The van der Waals surface area contributed by atoms with E-state index >= 15 is 0 Å². The summed E-state index contributed by atoms with van der Waals surface area (Å²) in [6.45, 7) is 3.39. The maximum Gasteiger partial charge on any atom is 0.360 e. The number of nitrogen functional groups attached to an aromatic ring is 1. The zero-order valence-corrected chi connectivity index (χ0v) is 9.97. The Morgan fingerprint density at radius 3 is 2.71 bits per heavy atom. The summed E-state index contributed by atoms with van der Waals surface area (Å²) >= 11 is 0. The van der Waals surface area contributed by atoms with Gasteiger partial charge in [0.1, 0.15) is 6.54 Å². The van der Waals surface area contributed by atoms with Crippen LogP contribution < -0.4 is 5.73 Å². The summed E-state index contributed by atoms with van der Waals surface area (Å²) in [4.78, 5) is 22.6. The normalized spacial score (nSPS) is 10.4. The van der Waals surface area contributed by atoms with Gasteiger partial charge in [0.2, 0.25) is 0 Å². The summed E-state index contributed by atoms with van der Waals surface area (Å²) in [7, 11) is 1.23. The highest BCUT2D eigenvalue weighted by Gasteiger charge is 2.16. The summed E-state index contributed by atoms with van der Waals surface area (Å²) in [6, 6.07) is 0. The molecule has 0 fully saturated rings. The van der Waals surface area contributed by atoms with Crippen LogP contribution in [0.4, 0.5) is 5.69 Å². The number of aromatic nitrogens is 2. The number of nitrogens with two attached hydrogens (primary N) is 1. The zero-order chi connectivity index (χ0) is 13.0. The number of rotatable bonds is 4. The summed E-state index contributed by atoms with van der Waals surface area (Å²) in [6.07, 6.45) is 1.18. The average Bonchev–Trinajstić information content (AvgIpc) is 2.56. The number of methoxy groups -OCH3 is 1. The predicted octanol–water partition coefficient (Wildman–Crippen LogP) is 0.203. The molecule has 0 unspecified atom stereocenters. The Hall–Kier alpha value is -2.05. The Kier molecular flexibility index (Phi) is 4.08. The van der Waals surface area contributed by atoms with E-state index in [1.165, 1.54) is 18.0 Å². The van der Waals surface area contributed by atoms with Gasteiger partial charge in [-0.25, -0.2) is 4.79 Å². The fraction of sp³-hybridized carbons (Fsp3) is 0.500. The molecule has 0 aliphatic rings. The van der Waals surface area contributed by atoms with Crippen LogP contribution in [0.2, 0.25) is 0 Å². The lowest BCUT2D eigenvalue weighted by Crippen LogP contribution is -2.18. The number of nitrogens with zero attached hydrogens (tertiary/aromatic N) is 2. The van der Waals surface area contributed by atoms with Gasteiger partial charge >= 0.3 is 11.9 Å². The monoisotopic (exact) mass is 241 g/mol. The van der Waals surface area contributed by atoms with E-state index < -0.39 is 11.9 Å². The summed E-state index contributed by atoms with van der Waals surface area (Å²) in [5.41, 5.74) is 5.71. The highest BCUT2D eigenvalue weighted by atomic mass is 16.5. The van der Waals surface area contributed by atoms with Crippen LogP contribution in [0.15, 0.2) is 6.20 Å². The minimum atomic E-state index is -0.640. The largest absolute Gasteiger partial charge is 0.464 e. The van der Waals surface area contributed by atoms with E-state index in [1.807, 2.05) is 0 Å². The molecule has 1 aromatic rings. The lowest BCUT2D eigenvalue weighted by molar-refractivity contribution is -0.148. The van der Waals surface area contributed by atoms with Gasteiger partial charge in [-0.05, 0) is 13.8 Å². The first kappa shape index (κ1) is 13.0. The molecule has 0 aliphatic carbocycles. The van der Waals surface area contributed by atoms with E-state index in [0.29, 0.717) is 0 Å². The lowest BCUT2D eigenvalue weighted by atomic mass is 10.4. The van der Waals surface area contributed by atoms with Crippen molar-refractivity contribution in [3.63, 3.8) is 0 Å². The van der Waals surface area contributed by atoms with Crippen molar-refractivity contribution in [2.75, 3.05) is 12.8 Å². The second-order valence-electron chi connectivity index (χ2n) is 3.66. The first-order chi connectivity index (χ1) is 7.93. The van der Waals surface area contributed by atoms with Crippen LogP contribution in [0.3, 0.4) is 0 Å². The molecule has 0 saturated carbocycles. The quantitative estimate of drug-likeness (QED) is 0.756. The van der Waals surface area contributed by atoms with Gasteiger partial charge < -0.3 is 15.2 Å². The number of ether oxygens (including phenoxy) is 2. The van der Waals surface area contributed by atoms with Crippen LogP contribution in [-0.2, 0) is 20.8 Å². The maximum atomic E-state index is 11.3. The molecule has 1 heterocycles. The Balaban J connectivity index is 2.74. The molecule has 7 heteroatoms. The van der Waals surface area contributed by atoms with Crippen LogP contribution in [-0.4, -0.2) is 34.9 Å². The highest BCUT2D eigenvalue weighted by molar-refractivity contribution is 5.92. The third kappa shape index (κ3) is 3.47. The summed E-state index contributed by atoms with van der Waals surface area (Å²) in [5, 5.41) is 3.84. The topological polar surface area (TPSA) is 96.4 Å². The van der Waals surface area contributed by atoms with E-state index in [1.54, 1.807) is 13.8 Å². The average molecular weight is 241 g/mol. The summed E-state index contributed by atoms with van der Waals surface area (Å²) < 4.78 is 10.7. The van der Waals surface area contributed by atoms with Crippen molar-refractivity contribution in [3.05, 3.63) is 11.9 Å². The number of hydrogen-bond acceptors (Lipinski definition) is 6. The Morgan fingerprint density at radius 1 is 1.53 bits per heavy atom. The molecule has 0 atom stereocenters. The Bertz CT molecular complexity index is 425. The molecule has 94 valence electrons. The number of carbonyl (C=O) groups excluding carboxylic acids is 2. The van der Waals surface area contributed by atoms with E-state index in [9.17, 15) is 9.59 Å². The SMILES string of the molecule is COC(=O)c1nn(CC(=O)OC(C)C)cc1N. The van der Waals surface area contributed by atoms with Crippen molar-refractivity contribution in [2.24, 2.45) is 0 Å². The van der Waals surface area contributed by atoms with Crippen molar-refractivity contribution >= 4 is 17.6 Å². The molecule has 0 aliphatic heterocycles. The van der Waals surface area contributed by atoms with Crippen molar-refractivity contribution in [3.8, 4) is 0 Å². The maximum absolute atomic E-state index is 11.3. The van der Waals surface area contributed by atoms with E-state index in [0.717, 1.165) is 0 Å². The molecule has 1 rings (SSSR count). The smallest absolute Gasteiger partial charge is 0.360 e. The molecule has 17 heavy (non-hydrogen) atoms. The van der Waals surface area contributed by atoms with Crippen LogP contribution in [0.1, 0.15) is 24.3 Å². The van der Waals surface area contributed by atoms with Gasteiger partial charge in [0.05, 0.1) is 18.9 Å². The standard InChI is InChI=1S/C10H15N3O4/c1-6(2)17-8(14)5-13-4-7(11)9(12-13)10(15)16-3/h4,6H,5,11H2,1-3H3. The number of hydrogen-bond donors (Lipinski definition) is 1. The van der Waals surface area contributed by atoms with Gasteiger partial charge in [-0.1, -0.05) is 0 Å². The van der Waals surface area contributed by atoms with Gasteiger partial charge in [-0.2, -0.15) is 5.10 Å². The Labute approximate surface area is 98.5 Å². The second-order valence-corrected chi connectivity index (χ2v) is 3.66. The third-order valence-corrected chi connectivity index (χ3v) is 1.83. The number of anilines is 1. The zero-order valence-electron chi connectivity index (χ0n) is 9.97. The molecular weight excluding hydrogens is 226 g/mol. The van der Waals surface area contributed by atoms with E-state index in [2.05, 4.69) is 9.84 Å². The van der Waals surface area contributed by atoms with Gasteiger partial charge in [-0.15, -0.1) is 0 Å². The number of esters is 2. The minimum absolute atomic E-state index is 0.00940. The van der Waals surface area contributed by atoms with Gasteiger partial charge in [-0.3, -0.25) is 9.48 Å². The molecule has 2 N–H and O–H groups in total. The second kappa shape index (κ2) is 5.33. The Morgan fingerprint density at radius 2 is 2.18 bits per heavy atom. The number of carbonyl (C=O) groups is 2. The summed E-state index contributed by atoms with van der Waals surface area (Å²) in [5.74, 6) is -1.09. The van der Waals surface area contributed by atoms with Crippen molar-refractivity contribution < 1.29 is 19.1 Å². The van der Waals surface area contributed by atoms with E-state index in [-0.39, 0.29) is 24.0 Å². The first-order valence-electron chi connectivity index (χ1n) is 5.04. The first-order valence-corrected chi connectivity index (χ1v) is 5.04. The molecular formula is C10H15N3O4. The molecule has 0 aromatic carbocycles. The van der Waals surface area contributed by atoms with Gasteiger partial charge in [0, 0.05) is 6.20 Å². The minimum Gasteiger partial charge on any atom is -0.464 e.